The van der Waals surface area contributed by atoms with Gasteiger partial charge in [0, 0.05) is 12.0 Å². The van der Waals surface area contributed by atoms with Crippen LogP contribution in [0.5, 0.6) is 0 Å². The fraction of sp³-hybridized carbons (Fsp3) is 0.917. The lowest BCUT2D eigenvalue weighted by Crippen LogP contribution is -2.39. The van der Waals surface area contributed by atoms with Gasteiger partial charge in [0.2, 0.25) is 5.91 Å². The molecule has 3 fully saturated rings. The summed E-state index contributed by atoms with van der Waals surface area (Å²) < 4.78 is 22.7. The summed E-state index contributed by atoms with van der Waals surface area (Å²) in [5, 5.41) is 6.24. The number of hydrogen-bond donors (Lipinski definition) is 2. The number of nitrogens with one attached hydrogen (secondary N) is 2. The van der Waals surface area contributed by atoms with Gasteiger partial charge in [-0.15, -0.1) is 0 Å². The highest BCUT2D eigenvalue weighted by molar-refractivity contribution is 7.91. The van der Waals surface area contributed by atoms with Crippen LogP contribution in [0.2, 0.25) is 0 Å². The molecule has 2 saturated heterocycles. The fourth-order valence-corrected chi connectivity index (χ4v) is 5.08. The molecular formula is C12H20N2O3S. The second-order valence-electron chi connectivity index (χ2n) is 5.98. The molecule has 18 heavy (non-hydrogen) atoms. The smallest absolute Gasteiger partial charge is 0.223 e. The Kier molecular flexibility index (Phi) is 2.90. The third kappa shape index (κ3) is 2.28. The van der Waals surface area contributed by atoms with E-state index in [9.17, 15) is 13.2 Å². The second kappa shape index (κ2) is 4.20. The van der Waals surface area contributed by atoms with E-state index in [-0.39, 0.29) is 34.8 Å². The molecule has 0 bridgehead atoms. The number of hydrogen-bond acceptors (Lipinski definition) is 4. The van der Waals surface area contributed by atoms with Crippen LogP contribution >= 0.6 is 0 Å². The van der Waals surface area contributed by atoms with Gasteiger partial charge in [-0.2, -0.15) is 0 Å². The van der Waals surface area contributed by atoms with Gasteiger partial charge >= 0.3 is 0 Å². The van der Waals surface area contributed by atoms with E-state index in [0.717, 1.165) is 32.4 Å². The van der Waals surface area contributed by atoms with Crippen LogP contribution in [0.4, 0.5) is 0 Å². The summed E-state index contributed by atoms with van der Waals surface area (Å²) in [6.45, 7) is 2.00. The summed E-state index contributed by atoms with van der Waals surface area (Å²) >= 11 is 0. The zero-order valence-corrected chi connectivity index (χ0v) is 11.3. The van der Waals surface area contributed by atoms with E-state index >= 15 is 0 Å². The molecule has 2 unspecified atom stereocenters. The predicted molar refractivity (Wildman–Crippen MR) is 67.8 cm³/mol. The Morgan fingerprint density at radius 3 is 2.61 bits per heavy atom. The Bertz CT molecular complexity index is 454. The Labute approximate surface area is 108 Å². The average molecular weight is 272 g/mol. The van der Waals surface area contributed by atoms with Crippen LogP contribution < -0.4 is 10.6 Å². The summed E-state index contributed by atoms with van der Waals surface area (Å²) in [6, 6.07) is -0.151. The maximum atomic E-state index is 12.1. The lowest BCUT2D eigenvalue weighted by atomic mass is 9.91. The van der Waals surface area contributed by atoms with Crippen molar-refractivity contribution in [1.82, 2.24) is 10.6 Å². The quantitative estimate of drug-likeness (QED) is 0.722. The topological polar surface area (TPSA) is 75.3 Å². The van der Waals surface area contributed by atoms with Crippen molar-refractivity contribution >= 4 is 15.7 Å². The van der Waals surface area contributed by atoms with Gasteiger partial charge in [-0.3, -0.25) is 4.79 Å². The first kappa shape index (κ1) is 12.4. The molecule has 0 radical (unpaired) electrons. The van der Waals surface area contributed by atoms with E-state index in [1.807, 2.05) is 0 Å². The molecule has 1 aliphatic carbocycles. The summed E-state index contributed by atoms with van der Waals surface area (Å²) in [4.78, 5) is 12.1. The van der Waals surface area contributed by atoms with Crippen molar-refractivity contribution in [2.75, 3.05) is 24.6 Å². The minimum Gasteiger partial charge on any atom is -0.352 e. The van der Waals surface area contributed by atoms with Gasteiger partial charge in [-0.1, -0.05) is 0 Å². The number of carbonyl (C=O) groups excluding carboxylic acids is 1. The first-order chi connectivity index (χ1) is 8.51. The van der Waals surface area contributed by atoms with E-state index < -0.39 is 9.84 Å². The van der Waals surface area contributed by atoms with Crippen molar-refractivity contribution in [3.8, 4) is 0 Å². The van der Waals surface area contributed by atoms with Gasteiger partial charge in [-0.25, -0.2) is 8.42 Å². The number of piperidine rings is 1. The summed E-state index contributed by atoms with van der Waals surface area (Å²) in [5.74, 6) is 0.555. The minimum absolute atomic E-state index is 0.0824. The Morgan fingerprint density at radius 2 is 2.00 bits per heavy atom. The molecule has 1 saturated carbocycles. The van der Waals surface area contributed by atoms with Crippen molar-refractivity contribution in [2.45, 2.75) is 31.7 Å². The largest absolute Gasteiger partial charge is 0.352 e. The van der Waals surface area contributed by atoms with Crippen LogP contribution in [0.15, 0.2) is 0 Å². The van der Waals surface area contributed by atoms with Crippen LogP contribution in [0.3, 0.4) is 0 Å². The van der Waals surface area contributed by atoms with Crippen molar-refractivity contribution in [2.24, 2.45) is 11.3 Å². The molecule has 0 aromatic rings. The van der Waals surface area contributed by atoms with Gasteiger partial charge in [0.25, 0.3) is 0 Å². The van der Waals surface area contributed by atoms with E-state index in [1.165, 1.54) is 0 Å². The summed E-state index contributed by atoms with van der Waals surface area (Å²) in [7, 11) is -2.90. The van der Waals surface area contributed by atoms with Crippen LogP contribution in [0.1, 0.15) is 25.7 Å². The van der Waals surface area contributed by atoms with Gasteiger partial charge in [0.05, 0.1) is 11.5 Å². The maximum Gasteiger partial charge on any atom is 0.223 e. The normalized spacial score (nSPS) is 36.4. The monoisotopic (exact) mass is 272 g/mol. The fourth-order valence-electron chi connectivity index (χ4n) is 3.41. The molecule has 6 heteroatoms. The van der Waals surface area contributed by atoms with E-state index in [1.54, 1.807) is 0 Å². The Hall–Kier alpha value is -0.620. The van der Waals surface area contributed by atoms with Crippen molar-refractivity contribution in [1.29, 1.82) is 0 Å². The number of sulfone groups is 1. The van der Waals surface area contributed by atoms with Gasteiger partial charge in [0.15, 0.2) is 9.84 Å². The lowest BCUT2D eigenvalue weighted by Gasteiger charge is -2.23. The average Bonchev–Trinajstić information content (AvgIpc) is 2.89. The molecule has 1 spiro atoms. The third-order valence-corrected chi connectivity index (χ3v) is 6.45. The number of rotatable bonds is 2. The molecule has 0 aromatic heterocycles. The molecule has 0 aromatic carbocycles. The zero-order valence-electron chi connectivity index (χ0n) is 10.4. The van der Waals surface area contributed by atoms with Crippen LogP contribution in [-0.2, 0) is 14.6 Å². The molecule has 2 aliphatic heterocycles. The number of carbonyl (C=O) groups is 1. The van der Waals surface area contributed by atoms with Gasteiger partial charge in [0.1, 0.15) is 0 Å². The highest BCUT2D eigenvalue weighted by Crippen LogP contribution is 2.58. The highest BCUT2D eigenvalue weighted by atomic mass is 32.2. The Balaban J connectivity index is 1.54. The summed E-state index contributed by atoms with van der Waals surface area (Å²) in [6.07, 6.45) is 3.72. The summed E-state index contributed by atoms with van der Waals surface area (Å²) in [5.41, 5.74) is 0.229. The van der Waals surface area contributed by atoms with Crippen LogP contribution in [0, 0.1) is 11.3 Å². The van der Waals surface area contributed by atoms with Crippen molar-refractivity contribution in [3.05, 3.63) is 0 Å². The molecule has 2 N–H and O–H groups in total. The van der Waals surface area contributed by atoms with E-state index in [4.69, 9.17) is 0 Å². The van der Waals surface area contributed by atoms with Crippen LogP contribution in [0.25, 0.3) is 0 Å². The SMILES string of the molecule is O=C(NC1CCS(=O)(=O)C1)C1CC12CCNCC2. The van der Waals surface area contributed by atoms with Crippen molar-refractivity contribution in [3.63, 3.8) is 0 Å². The molecule has 102 valence electrons. The molecule has 2 heterocycles. The first-order valence-corrected chi connectivity index (χ1v) is 8.54. The molecule has 2 atom stereocenters. The first-order valence-electron chi connectivity index (χ1n) is 6.72. The minimum atomic E-state index is -2.90. The van der Waals surface area contributed by atoms with E-state index in [0.29, 0.717) is 6.42 Å². The number of amides is 1. The van der Waals surface area contributed by atoms with E-state index in [2.05, 4.69) is 10.6 Å². The second-order valence-corrected chi connectivity index (χ2v) is 8.21. The lowest BCUT2D eigenvalue weighted by molar-refractivity contribution is -0.123. The molecule has 1 amide bonds. The zero-order chi connectivity index (χ0) is 12.8. The maximum absolute atomic E-state index is 12.1. The Morgan fingerprint density at radius 1 is 1.28 bits per heavy atom. The van der Waals surface area contributed by atoms with Gasteiger partial charge in [-0.05, 0) is 44.2 Å². The molecule has 5 nitrogen and oxygen atoms in total. The van der Waals surface area contributed by atoms with Crippen LogP contribution in [-0.4, -0.2) is 45.0 Å². The molecule has 3 rings (SSSR count). The molecular weight excluding hydrogens is 252 g/mol. The predicted octanol–water partition coefficient (Wildman–Crippen LogP) is -0.321. The third-order valence-electron chi connectivity index (χ3n) is 4.68. The van der Waals surface area contributed by atoms with Crippen molar-refractivity contribution < 1.29 is 13.2 Å². The highest BCUT2D eigenvalue weighted by Gasteiger charge is 2.57. The molecule has 3 aliphatic rings. The standard InChI is InChI=1S/C12H20N2O3S/c15-11(14-9-1-6-18(16,17)8-9)10-7-12(10)2-4-13-5-3-12/h9-10,13H,1-8H2,(H,14,15). The van der Waals surface area contributed by atoms with Gasteiger partial charge < -0.3 is 10.6 Å².